The molecule has 4 nitrogen and oxygen atoms in total. The number of nitrogens with one attached hydrogen (secondary N) is 1. The van der Waals surface area contributed by atoms with Gasteiger partial charge in [0.15, 0.2) is 0 Å². The number of hydrogen-bond donors (Lipinski definition) is 2. The number of rotatable bonds is 4. The predicted molar refractivity (Wildman–Crippen MR) is 81.9 cm³/mol. The molecule has 0 radical (unpaired) electrons. The minimum Gasteiger partial charge on any atom is -0.480 e. The standard InChI is InChI=1S/C15H17Cl2NO3/c16-10-6-7-12(17)11(8-10)14(19)18-13(15(20)21)9-4-2-1-3-5-9/h6-9,13H,1-5H2,(H,18,19)(H,20,21). The van der Waals surface area contributed by atoms with E-state index in [-0.39, 0.29) is 16.5 Å². The van der Waals surface area contributed by atoms with Gasteiger partial charge in [-0.1, -0.05) is 42.5 Å². The molecule has 0 aromatic heterocycles. The van der Waals surface area contributed by atoms with E-state index >= 15 is 0 Å². The van der Waals surface area contributed by atoms with Crippen LogP contribution in [-0.2, 0) is 4.79 Å². The summed E-state index contributed by atoms with van der Waals surface area (Å²) in [6.07, 6.45) is 4.77. The van der Waals surface area contributed by atoms with Crippen molar-refractivity contribution in [3.8, 4) is 0 Å². The summed E-state index contributed by atoms with van der Waals surface area (Å²) >= 11 is 11.8. The second-order valence-electron chi connectivity index (χ2n) is 5.31. The number of hydrogen-bond acceptors (Lipinski definition) is 2. The zero-order valence-corrected chi connectivity index (χ0v) is 13.0. The Hall–Kier alpha value is -1.26. The van der Waals surface area contributed by atoms with Gasteiger partial charge in [0.1, 0.15) is 6.04 Å². The largest absolute Gasteiger partial charge is 0.480 e. The van der Waals surface area contributed by atoms with Crippen LogP contribution in [0.3, 0.4) is 0 Å². The Kier molecular flexibility index (Phi) is 5.48. The van der Waals surface area contributed by atoms with Crippen LogP contribution in [0.2, 0.25) is 10.0 Å². The normalized spacial score (nSPS) is 17.2. The number of carbonyl (C=O) groups excluding carboxylic acids is 1. The lowest BCUT2D eigenvalue weighted by Crippen LogP contribution is -2.46. The summed E-state index contributed by atoms with van der Waals surface area (Å²) in [6, 6.07) is 3.66. The van der Waals surface area contributed by atoms with Crippen molar-refractivity contribution in [3.05, 3.63) is 33.8 Å². The molecule has 2 N–H and O–H groups in total. The molecule has 0 heterocycles. The number of carbonyl (C=O) groups is 2. The molecule has 114 valence electrons. The Labute approximate surface area is 133 Å². The van der Waals surface area contributed by atoms with E-state index in [2.05, 4.69) is 5.32 Å². The van der Waals surface area contributed by atoms with Crippen LogP contribution in [0.25, 0.3) is 0 Å². The van der Waals surface area contributed by atoms with Crippen LogP contribution in [0.5, 0.6) is 0 Å². The van der Waals surface area contributed by atoms with Crippen molar-refractivity contribution in [1.29, 1.82) is 0 Å². The zero-order chi connectivity index (χ0) is 15.4. The SMILES string of the molecule is O=C(NC(C(=O)O)C1CCCCC1)c1cc(Cl)ccc1Cl. The topological polar surface area (TPSA) is 66.4 Å². The highest BCUT2D eigenvalue weighted by Gasteiger charge is 2.31. The molecule has 1 saturated carbocycles. The van der Waals surface area contributed by atoms with Gasteiger partial charge in [-0.3, -0.25) is 4.79 Å². The van der Waals surface area contributed by atoms with E-state index in [4.69, 9.17) is 23.2 Å². The Morgan fingerprint density at radius 2 is 1.86 bits per heavy atom. The molecule has 1 fully saturated rings. The first-order valence-corrected chi connectivity index (χ1v) is 7.73. The Bertz CT molecular complexity index is 542. The lowest BCUT2D eigenvalue weighted by atomic mass is 9.84. The van der Waals surface area contributed by atoms with Crippen LogP contribution < -0.4 is 5.32 Å². The van der Waals surface area contributed by atoms with Gasteiger partial charge in [0.05, 0.1) is 10.6 Å². The first kappa shape index (κ1) is 16.1. The average molecular weight is 330 g/mol. The van der Waals surface area contributed by atoms with Crippen molar-refractivity contribution in [3.63, 3.8) is 0 Å². The van der Waals surface area contributed by atoms with Crippen molar-refractivity contribution in [2.24, 2.45) is 5.92 Å². The van der Waals surface area contributed by atoms with E-state index in [0.717, 1.165) is 32.1 Å². The maximum Gasteiger partial charge on any atom is 0.326 e. The first-order chi connectivity index (χ1) is 9.99. The van der Waals surface area contributed by atoms with Crippen LogP contribution in [0.15, 0.2) is 18.2 Å². The maximum absolute atomic E-state index is 12.3. The smallest absolute Gasteiger partial charge is 0.326 e. The number of amides is 1. The fraction of sp³-hybridized carbons (Fsp3) is 0.467. The molecule has 0 bridgehead atoms. The van der Waals surface area contributed by atoms with E-state index < -0.39 is 17.9 Å². The number of carboxylic acid groups (broad SMARTS) is 1. The number of benzene rings is 1. The Morgan fingerprint density at radius 3 is 2.48 bits per heavy atom. The maximum atomic E-state index is 12.3. The molecular weight excluding hydrogens is 313 g/mol. The van der Waals surface area contributed by atoms with Gasteiger partial charge in [0.2, 0.25) is 0 Å². The highest BCUT2D eigenvalue weighted by atomic mass is 35.5. The quantitative estimate of drug-likeness (QED) is 0.883. The molecule has 0 saturated heterocycles. The highest BCUT2D eigenvalue weighted by Crippen LogP contribution is 2.27. The van der Waals surface area contributed by atoms with Crippen LogP contribution in [0.4, 0.5) is 0 Å². The molecule has 2 rings (SSSR count). The van der Waals surface area contributed by atoms with Crippen LogP contribution in [0, 0.1) is 5.92 Å². The molecule has 0 aliphatic heterocycles. The minimum absolute atomic E-state index is 0.0295. The van der Waals surface area contributed by atoms with Crippen molar-refractivity contribution >= 4 is 35.1 Å². The third-order valence-electron chi connectivity index (χ3n) is 3.85. The molecule has 1 aromatic rings. The van der Waals surface area contributed by atoms with E-state index in [1.807, 2.05) is 0 Å². The van der Waals surface area contributed by atoms with Crippen molar-refractivity contribution in [1.82, 2.24) is 5.32 Å². The summed E-state index contributed by atoms with van der Waals surface area (Å²) in [4.78, 5) is 23.7. The summed E-state index contributed by atoms with van der Waals surface area (Å²) in [6.45, 7) is 0. The summed E-state index contributed by atoms with van der Waals surface area (Å²) in [5.74, 6) is -1.54. The summed E-state index contributed by atoms with van der Waals surface area (Å²) in [5, 5.41) is 12.6. The summed E-state index contributed by atoms with van der Waals surface area (Å²) < 4.78 is 0. The summed E-state index contributed by atoms with van der Waals surface area (Å²) in [5.41, 5.74) is 0.200. The van der Waals surface area contributed by atoms with Crippen molar-refractivity contribution < 1.29 is 14.7 Å². The van der Waals surface area contributed by atoms with Gasteiger partial charge < -0.3 is 10.4 Å². The van der Waals surface area contributed by atoms with E-state index in [1.165, 1.54) is 12.1 Å². The highest BCUT2D eigenvalue weighted by molar-refractivity contribution is 6.35. The van der Waals surface area contributed by atoms with Gasteiger partial charge in [-0.25, -0.2) is 4.79 Å². The molecule has 1 aliphatic rings. The molecule has 1 atom stereocenters. The molecule has 1 aromatic carbocycles. The number of carboxylic acids is 1. The van der Waals surface area contributed by atoms with Crippen LogP contribution >= 0.6 is 23.2 Å². The fourth-order valence-corrected chi connectivity index (χ4v) is 3.11. The van der Waals surface area contributed by atoms with Gasteiger partial charge >= 0.3 is 5.97 Å². The van der Waals surface area contributed by atoms with Gasteiger partial charge in [-0.05, 0) is 37.0 Å². The second kappa shape index (κ2) is 7.14. The predicted octanol–water partition coefficient (Wildman–Crippen LogP) is 3.76. The third kappa shape index (κ3) is 4.11. The van der Waals surface area contributed by atoms with E-state index in [1.54, 1.807) is 6.07 Å². The van der Waals surface area contributed by atoms with Crippen molar-refractivity contribution in [2.45, 2.75) is 38.1 Å². The Balaban J connectivity index is 2.14. The Morgan fingerprint density at radius 1 is 1.19 bits per heavy atom. The lowest BCUT2D eigenvalue weighted by Gasteiger charge is -2.28. The van der Waals surface area contributed by atoms with Crippen LogP contribution in [0.1, 0.15) is 42.5 Å². The van der Waals surface area contributed by atoms with Gasteiger partial charge in [-0.2, -0.15) is 0 Å². The minimum atomic E-state index is -1.01. The number of aliphatic carboxylic acids is 1. The molecule has 0 spiro atoms. The average Bonchev–Trinajstić information content (AvgIpc) is 2.47. The zero-order valence-electron chi connectivity index (χ0n) is 11.4. The van der Waals surface area contributed by atoms with Crippen molar-refractivity contribution in [2.75, 3.05) is 0 Å². The van der Waals surface area contributed by atoms with Gasteiger partial charge in [-0.15, -0.1) is 0 Å². The molecule has 1 amide bonds. The first-order valence-electron chi connectivity index (χ1n) is 6.98. The molecule has 21 heavy (non-hydrogen) atoms. The van der Waals surface area contributed by atoms with Gasteiger partial charge in [0.25, 0.3) is 5.91 Å². The summed E-state index contributed by atoms with van der Waals surface area (Å²) in [7, 11) is 0. The molecule has 6 heteroatoms. The second-order valence-corrected chi connectivity index (χ2v) is 6.16. The molecular formula is C15H17Cl2NO3. The molecule has 1 aliphatic carbocycles. The molecule has 1 unspecified atom stereocenters. The third-order valence-corrected chi connectivity index (χ3v) is 4.41. The number of halogens is 2. The van der Waals surface area contributed by atoms with E-state index in [0.29, 0.717) is 5.02 Å². The van der Waals surface area contributed by atoms with Crippen LogP contribution in [-0.4, -0.2) is 23.0 Å². The van der Waals surface area contributed by atoms with E-state index in [9.17, 15) is 14.7 Å². The lowest BCUT2D eigenvalue weighted by molar-refractivity contribution is -0.141. The fourth-order valence-electron chi connectivity index (χ4n) is 2.74. The van der Waals surface area contributed by atoms with Gasteiger partial charge in [0, 0.05) is 5.02 Å². The monoisotopic (exact) mass is 329 g/mol.